The molecule has 0 aliphatic heterocycles. The average Bonchev–Trinajstić information content (AvgIpc) is 3.32. The van der Waals surface area contributed by atoms with Crippen LogP contribution in [0, 0.1) is 0 Å². The number of para-hydroxylation sites is 2. The first-order valence-corrected chi connectivity index (χ1v) is 8.82. The van der Waals surface area contributed by atoms with Crippen LogP contribution in [-0.4, -0.2) is 31.1 Å². The Morgan fingerprint density at radius 3 is 2.68 bits per heavy atom. The molecule has 0 aliphatic carbocycles. The number of nitrogens with one attached hydrogen (secondary N) is 1. The van der Waals surface area contributed by atoms with Crippen LogP contribution in [0.25, 0.3) is 22.1 Å². The Balaban J connectivity index is 1.47. The van der Waals surface area contributed by atoms with Crippen molar-refractivity contribution >= 4 is 28.0 Å². The van der Waals surface area contributed by atoms with Gasteiger partial charge in [-0.1, -0.05) is 53.4 Å². The van der Waals surface area contributed by atoms with Gasteiger partial charge in [0.05, 0.1) is 11.1 Å². The molecule has 0 fully saturated rings. The van der Waals surface area contributed by atoms with Crippen LogP contribution < -0.4 is 4.84 Å². The van der Waals surface area contributed by atoms with Gasteiger partial charge in [0.2, 0.25) is 0 Å². The van der Waals surface area contributed by atoms with E-state index in [1.165, 1.54) is 0 Å². The van der Waals surface area contributed by atoms with Gasteiger partial charge >= 0.3 is 5.97 Å². The van der Waals surface area contributed by atoms with Crippen molar-refractivity contribution in [2.45, 2.75) is 6.42 Å². The molecule has 0 saturated heterocycles. The zero-order valence-electron chi connectivity index (χ0n) is 14.7. The van der Waals surface area contributed by atoms with Gasteiger partial charge in [0.1, 0.15) is 22.4 Å². The van der Waals surface area contributed by atoms with E-state index < -0.39 is 5.97 Å². The highest BCUT2D eigenvalue weighted by Gasteiger charge is 2.18. The Morgan fingerprint density at radius 1 is 0.964 bits per heavy atom. The molecular formula is C21H15N5O2. The number of carbonyl (C=O) groups excluding carboxylic acids is 1. The minimum absolute atomic E-state index is 0.368. The number of hydrogen-bond acceptors (Lipinski definition) is 5. The molecule has 2 aromatic heterocycles. The summed E-state index contributed by atoms with van der Waals surface area (Å²) >= 11 is 0. The summed E-state index contributed by atoms with van der Waals surface area (Å²) in [5.74, 6) is 0.242. The number of aromatic amines is 1. The quantitative estimate of drug-likeness (QED) is 0.492. The second-order valence-electron chi connectivity index (χ2n) is 6.38. The summed E-state index contributed by atoms with van der Waals surface area (Å²) in [7, 11) is 0. The van der Waals surface area contributed by atoms with Crippen molar-refractivity contribution in [1.29, 1.82) is 0 Å². The molecule has 136 valence electrons. The third-order valence-corrected chi connectivity index (χ3v) is 4.49. The van der Waals surface area contributed by atoms with Crippen LogP contribution in [0.1, 0.15) is 21.7 Å². The summed E-state index contributed by atoms with van der Waals surface area (Å²) in [6.45, 7) is 0. The third kappa shape index (κ3) is 2.88. The predicted octanol–water partition coefficient (Wildman–Crippen LogP) is 3.17. The number of carbonyl (C=O) groups is 1. The van der Waals surface area contributed by atoms with Crippen LogP contribution in [0.3, 0.4) is 0 Å². The smallest absolute Gasteiger partial charge is 0.342 e. The molecule has 0 spiro atoms. The third-order valence-electron chi connectivity index (χ3n) is 4.49. The summed E-state index contributed by atoms with van der Waals surface area (Å²) in [6.07, 6.45) is 0.651. The number of nitrogens with zero attached hydrogens (tertiary/aromatic N) is 4. The second-order valence-corrected chi connectivity index (χ2v) is 6.38. The molecule has 28 heavy (non-hydrogen) atoms. The molecule has 3 aromatic carbocycles. The van der Waals surface area contributed by atoms with E-state index in [0.29, 0.717) is 28.5 Å². The maximum absolute atomic E-state index is 12.8. The molecule has 0 amide bonds. The number of imidazole rings is 1. The van der Waals surface area contributed by atoms with Crippen LogP contribution in [0.5, 0.6) is 0 Å². The molecule has 0 aliphatic rings. The minimum Gasteiger partial charge on any atom is -0.342 e. The lowest BCUT2D eigenvalue weighted by Crippen LogP contribution is -2.21. The van der Waals surface area contributed by atoms with Gasteiger partial charge in [-0.3, -0.25) is 0 Å². The highest BCUT2D eigenvalue weighted by Crippen LogP contribution is 2.19. The van der Waals surface area contributed by atoms with E-state index in [4.69, 9.17) is 4.84 Å². The van der Waals surface area contributed by atoms with Gasteiger partial charge in [0.15, 0.2) is 0 Å². The van der Waals surface area contributed by atoms with Crippen molar-refractivity contribution in [1.82, 2.24) is 25.1 Å². The van der Waals surface area contributed by atoms with Crippen molar-refractivity contribution in [3.63, 3.8) is 0 Å². The second kappa shape index (κ2) is 6.62. The van der Waals surface area contributed by atoms with Crippen molar-refractivity contribution in [2.75, 3.05) is 0 Å². The maximum Gasteiger partial charge on any atom is 0.368 e. The largest absolute Gasteiger partial charge is 0.368 e. The maximum atomic E-state index is 12.8. The topological polar surface area (TPSA) is 85.7 Å². The van der Waals surface area contributed by atoms with Crippen LogP contribution in [0.2, 0.25) is 0 Å². The van der Waals surface area contributed by atoms with E-state index in [-0.39, 0.29) is 0 Å². The number of aromatic nitrogens is 5. The van der Waals surface area contributed by atoms with Crippen LogP contribution in [0.15, 0.2) is 72.8 Å². The highest BCUT2D eigenvalue weighted by molar-refractivity contribution is 6.02. The summed E-state index contributed by atoms with van der Waals surface area (Å²) in [5, 5.41) is 7.89. The monoisotopic (exact) mass is 369 g/mol. The lowest BCUT2D eigenvalue weighted by molar-refractivity contribution is 0.0411. The fraction of sp³-hybridized carbons (Fsp3) is 0.0476. The molecule has 7 nitrogen and oxygen atoms in total. The molecule has 2 heterocycles. The van der Waals surface area contributed by atoms with Crippen LogP contribution >= 0.6 is 0 Å². The fourth-order valence-electron chi connectivity index (χ4n) is 3.16. The average molecular weight is 369 g/mol. The molecule has 5 aromatic rings. The lowest BCUT2D eigenvalue weighted by atomic mass is 10.1. The summed E-state index contributed by atoms with van der Waals surface area (Å²) < 4.78 is 0. The number of H-pyrrole nitrogens is 1. The first-order valence-electron chi connectivity index (χ1n) is 8.82. The van der Waals surface area contributed by atoms with E-state index in [1.54, 1.807) is 24.3 Å². The molecule has 0 saturated carbocycles. The number of fused-ring (bicyclic) bond motifs is 2. The molecular weight excluding hydrogens is 354 g/mol. The van der Waals surface area contributed by atoms with E-state index in [0.717, 1.165) is 21.7 Å². The van der Waals surface area contributed by atoms with Gasteiger partial charge in [-0.15, -0.1) is 5.10 Å². The molecule has 0 radical (unpaired) electrons. The zero-order valence-corrected chi connectivity index (χ0v) is 14.7. The first-order chi connectivity index (χ1) is 13.8. The van der Waals surface area contributed by atoms with E-state index in [9.17, 15) is 4.79 Å². The van der Waals surface area contributed by atoms with Crippen molar-refractivity contribution in [3.05, 3.63) is 89.7 Å². The van der Waals surface area contributed by atoms with Crippen molar-refractivity contribution in [3.8, 4) is 0 Å². The molecule has 0 bridgehead atoms. The van der Waals surface area contributed by atoms with E-state index >= 15 is 0 Å². The van der Waals surface area contributed by atoms with Crippen molar-refractivity contribution < 1.29 is 9.63 Å². The van der Waals surface area contributed by atoms with Gasteiger partial charge < -0.3 is 9.82 Å². The lowest BCUT2D eigenvalue weighted by Gasteiger charge is -2.03. The Bertz CT molecular complexity index is 1290. The Morgan fingerprint density at radius 2 is 1.79 bits per heavy atom. The molecule has 0 atom stereocenters. The fourth-order valence-corrected chi connectivity index (χ4v) is 3.16. The Labute approximate surface area is 159 Å². The molecule has 5 rings (SSSR count). The van der Waals surface area contributed by atoms with Crippen LogP contribution in [0.4, 0.5) is 0 Å². The van der Waals surface area contributed by atoms with E-state index in [2.05, 4.69) is 20.3 Å². The standard InChI is InChI=1S/C21H15N5O2/c27-21(28-26-18-12-5-4-10-16(18)24-25-26)15-9-6-11-17-20(15)23-19(22-17)13-14-7-2-1-3-8-14/h1-12H,13H2,(H,22,23). The number of benzene rings is 3. The van der Waals surface area contributed by atoms with Gasteiger partial charge in [-0.2, -0.15) is 0 Å². The Kier molecular flexibility index (Phi) is 3.83. The molecule has 0 unspecified atom stereocenters. The number of rotatable bonds is 4. The first kappa shape index (κ1) is 16.2. The molecule has 7 heteroatoms. The minimum atomic E-state index is -0.543. The highest BCUT2D eigenvalue weighted by atomic mass is 16.7. The molecule has 1 N–H and O–H groups in total. The summed E-state index contributed by atoms with van der Waals surface area (Å²) in [5.41, 5.74) is 4.13. The normalized spacial score (nSPS) is 11.1. The summed E-state index contributed by atoms with van der Waals surface area (Å²) in [6, 6.07) is 22.7. The van der Waals surface area contributed by atoms with Crippen LogP contribution in [-0.2, 0) is 6.42 Å². The predicted molar refractivity (Wildman–Crippen MR) is 104 cm³/mol. The van der Waals surface area contributed by atoms with Gasteiger partial charge in [0.25, 0.3) is 0 Å². The van der Waals surface area contributed by atoms with Gasteiger partial charge in [0, 0.05) is 6.42 Å². The zero-order chi connectivity index (χ0) is 18.9. The summed E-state index contributed by atoms with van der Waals surface area (Å²) in [4.78, 5) is 27.2. The Hall–Kier alpha value is -4.00. The number of hydrogen-bond donors (Lipinski definition) is 1. The van der Waals surface area contributed by atoms with E-state index in [1.807, 2.05) is 48.5 Å². The van der Waals surface area contributed by atoms with Gasteiger partial charge in [-0.25, -0.2) is 9.78 Å². The van der Waals surface area contributed by atoms with Gasteiger partial charge in [-0.05, 0) is 35.0 Å². The SMILES string of the molecule is O=C(On1nnc2ccccc21)c1cccc2[nH]c(Cc3ccccc3)nc12. The van der Waals surface area contributed by atoms with Crippen molar-refractivity contribution in [2.24, 2.45) is 0 Å².